The Bertz CT molecular complexity index is 521. The van der Waals surface area contributed by atoms with E-state index in [4.69, 9.17) is 0 Å². The van der Waals surface area contributed by atoms with Crippen LogP contribution < -0.4 is 0 Å². The fraction of sp³-hybridized carbons (Fsp3) is 0.467. The Morgan fingerprint density at radius 1 is 1.21 bits per heavy atom. The molecule has 0 aromatic heterocycles. The van der Waals surface area contributed by atoms with Gasteiger partial charge in [-0.25, -0.2) is 0 Å². The molecule has 0 N–H and O–H groups in total. The number of benzene rings is 1. The van der Waals surface area contributed by atoms with Crippen molar-refractivity contribution in [1.29, 1.82) is 0 Å². The number of likely N-dealkylation sites (N-methyl/N-ethyl adjacent to an activating group) is 1. The van der Waals surface area contributed by atoms with Crippen LogP contribution in [-0.4, -0.2) is 41.8 Å². The number of likely N-dealkylation sites (tertiary alicyclic amines) is 1. The molecule has 0 radical (unpaired) electrons. The van der Waals surface area contributed by atoms with Gasteiger partial charge in [-0.1, -0.05) is 24.3 Å². The molecule has 2 heterocycles. The summed E-state index contributed by atoms with van der Waals surface area (Å²) in [7, 11) is 1.73. The van der Waals surface area contributed by atoms with Gasteiger partial charge in [0.1, 0.15) is 6.04 Å². The van der Waals surface area contributed by atoms with E-state index in [-0.39, 0.29) is 11.8 Å². The van der Waals surface area contributed by atoms with E-state index in [0.717, 1.165) is 37.1 Å². The fourth-order valence-electron chi connectivity index (χ4n) is 3.01. The van der Waals surface area contributed by atoms with Crippen molar-refractivity contribution in [3.63, 3.8) is 0 Å². The summed E-state index contributed by atoms with van der Waals surface area (Å²) >= 11 is 0. The van der Waals surface area contributed by atoms with Gasteiger partial charge in [-0.05, 0) is 24.0 Å². The molecule has 1 fully saturated rings. The molecule has 0 saturated carbocycles. The number of nitrogens with zero attached hydrogens (tertiary/aromatic N) is 2. The number of carbonyl (C=O) groups is 2. The van der Waals surface area contributed by atoms with Gasteiger partial charge in [-0.15, -0.1) is 0 Å². The minimum absolute atomic E-state index is 0.0243. The van der Waals surface area contributed by atoms with Crippen LogP contribution in [0, 0.1) is 0 Å². The molecule has 0 aliphatic carbocycles. The van der Waals surface area contributed by atoms with E-state index in [0.29, 0.717) is 6.42 Å². The molecule has 0 bridgehead atoms. The van der Waals surface area contributed by atoms with Gasteiger partial charge < -0.3 is 9.80 Å². The molecule has 4 nitrogen and oxygen atoms in total. The Morgan fingerprint density at radius 3 is 2.63 bits per heavy atom. The Morgan fingerprint density at radius 2 is 1.89 bits per heavy atom. The Balaban J connectivity index is 1.98. The lowest BCUT2D eigenvalue weighted by Crippen LogP contribution is -2.46. The van der Waals surface area contributed by atoms with Gasteiger partial charge in [0.25, 0.3) is 0 Å². The molecule has 3 rings (SSSR count). The summed E-state index contributed by atoms with van der Waals surface area (Å²) in [6.07, 6.45) is 2.53. The molecular formula is C15H18N2O2. The number of hydrogen-bond donors (Lipinski definition) is 0. The predicted octanol–water partition coefficient (Wildman–Crippen LogP) is 1.36. The molecule has 0 spiro atoms. The molecular weight excluding hydrogens is 240 g/mol. The first kappa shape index (κ1) is 12.2. The minimum atomic E-state index is -0.435. The zero-order valence-corrected chi connectivity index (χ0v) is 11.1. The molecule has 1 aromatic carbocycles. The summed E-state index contributed by atoms with van der Waals surface area (Å²) < 4.78 is 0. The summed E-state index contributed by atoms with van der Waals surface area (Å²) in [6.45, 7) is 1.64. The van der Waals surface area contributed by atoms with E-state index in [9.17, 15) is 9.59 Å². The van der Waals surface area contributed by atoms with Crippen molar-refractivity contribution in [2.45, 2.75) is 25.3 Å². The second-order valence-electron chi connectivity index (χ2n) is 5.32. The van der Waals surface area contributed by atoms with Crippen molar-refractivity contribution in [3.05, 3.63) is 35.4 Å². The minimum Gasteiger partial charge on any atom is -0.341 e. The van der Waals surface area contributed by atoms with Crippen LogP contribution in [0.4, 0.5) is 0 Å². The zero-order valence-electron chi connectivity index (χ0n) is 11.1. The van der Waals surface area contributed by atoms with Crippen LogP contribution in [0.3, 0.4) is 0 Å². The van der Waals surface area contributed by atoms with Crippen molar-refractivity contribution < 1.29 is 9.59 Å². The molecule has 2 aliphatic heterocycles. The number of rotatable bonds is 1. The number of amides is 2. The molecule has 19 heavy (non-hydrogen) atoms. The van der Waals surface area contributed by atoms with Gasteiger partial charge in [0.15, 0.2) is 0 Å². The smallest absolute Gasteiger partial charge is 0.250 e. The van der Waals surface area contributed by atoms with Gasteiger partial charge >= 0.3 is 0 Å². The molecule has 2 amide bonds. The lowest BCUT2D eigenvalue weighted by Gasteiger charge is -2.35. The van der Waals surface area contributed by atoms with Gasteiger partial charge in [-0.2, -0.15) is 0 Å². The summed E-state index contributed by atoms with van der Waals surface area (Å²) in [5, 5.41) is 0. The largest absolute Gasteiger partial charge is 0.341 e. The number of carbonyl (C=O) groups excluding carboxylic acids is 2. The summed E-state index contributed by atoms with van der Waals surface area (Å²) in [4.78, 5) is 28.2. The van der Waals surface area contributed by atoms with Gasteiger partial charge in [0.2, 0.25) is 11.8 Å². The normalized spacial score (nSPS) is 22.6. The zero-order chi connectivity index (χ0) is 13.4. The Labute approximate surface area is 113 Å². The first-order chi connectivity index (χ1) is 9.18. The van der Waals surface area contributed by atoms with E-state index in [2.05, 4.69) is 0 Å². The molecule has 1 atom stereocenters. The molecule has 4 heteroatoms. The summed E-state index contributed by atoms with van der Waals surface area (Å²) in [5.41, 5.74) is 1.98. The molecule has 2 aliphatic rings. The van der Waals surface area contributed by atoms with Crippen LogP contribution in [0.5, 0.6) is 0 Å². The second kappa shape index (κ2) is 4.68. The third-order valence-corrected chi connectivity index (χ3v) is 4.12. The molecule has 100 valence electrons. The molecule has 1 aromatic rings. The fourth-order valence-corrected chi connectivity index (χ4v) is 3.01. The summed E-state index contributed by atoms with van der Waals surface area (Å²) in [5.74, 6) is 0.0942. The van der Waals surface area contributed by atoms with Gasteiger partial charge in [0.05, 0.1) is 6.42 Å². The van der Waals surface area contributed by atoms with Crippen molar-refractivity contribution in [2.75, 3.05) is 20.1 Å². The highest BCUT2D eigenvalue weighted by Gasteiger charge is 2.37. The second-order valence-corrected chi connectivity index (χ2v) is 5.32. The lowest BCUT2D eigenvalue weighted by atomic mass is 9.92. The maximum absolute atomic E-state index is 12.7. The first-order valence-corrected chi connectivity index (χ1v) is 6.81. The van der Waals surface area contributed by atoms with Crippen LogP contribution >= 0.6 is 0 Å². The van der Waals surface area contributed by atoms with Crippen LogP contribution in [-0.2, 0) is 16.0 Å². The van der Waals surface area contributed by atoms with Crippen molar-refractivity contribution >= 4 is 11.8 Å². The van der Waals surface area contributed by atoms with Gasteiger partial charge in [0, 0.05) is 20.1 Å². The van der Waals surface area contributed by atoms with Gasteiger partial charge in [-0.3, -0.25) is 9.59 Å². The van der Waals surface area contributed by atoms with Crippen LogP contribution in [0.2, 0.25) is 0 Å². The van der Waals surface area contributed by atoms with Crippen LogP contribution in [0.25, 0.3) is 0 Å². The van der Waals surface area contributed by atoms with Crippen molar-refractivity contribution in [1.82, 2.24) is 9.80 Å². The van der Waals surface area contributed by atoms with E-state index in [1.807, 2.05) is 29.2 Å². The SMILES string of the molecule is CN1C(=O)Cc2ccccc2C1C(=O)N1CCCC1. The highest BCUT2D eigenvalue weighted by molar-refractivity contribution is 5.92. The maximum atomic E-state index is 12.7. The van der Waals surface area contributed by atoms with E-state index >= 15 is 0 Å². The predicted molar refractivity (Wildman–Crippen MR) is 71.5 cm³/mol. The number of fused-ring (bicyclic) bond motifs is 1. The average Bonchev–Trinajstić information content (AvgIpc) is 2.93. The highest BCUT2D eigenvalue weighted by atomic mass is 16.2. The highest BCUT2D eigenvalue weighted by Crippen LogP contribution is 2.31. The molecule has 1 unspecified atom stereocenters. The van der Waals surface area contributed by atoms with Crippen LogP contribution in [0.1, 0.15) is 30.0 Å². The first-order valence-electron chi connectivity index (χ1n) is 6.81. The maximum Gasteiger partial charge on any atom is 0.250 e. The molecule has 1 saturated heterocycles. The lowest BCUT2D eigenvalue weighted by molar-refractivity contribution is -0.144. The van der Waals surface area contributed by atoms with E-state index in [1.165, 1.54) is 0 Å². The average molecular weight is 258 g/mol. The summed E-state index contributed by atoms with van der Waals surface area (Å²) in [6, 6.07) is 7.35. The number of hydrogen-bond acceptors (Lipinski definition) is 2. The third-order valence-electron chi connectivity index (χ3n) is 4.12. The van der Waals surface area contributed by atoms with E-state index in [1.54, 1.807) is 11.9 Å². The quantitative estimate of drug-likeness (QED) is 0.763. The monoisotopic (exact) mass is 258 g/mol. The third kappa shape index (κ3) is 2.01. The topological polar surface area (TPSA) is 40.6 Å². The van der Waals surface area contributed by atoms with Crippen LogP contribution in [0.15, 0.2) is 24.3 Å². The van der Waals surface area contributed by atoms with E-state index < -0.39 is 6.04 Å². The standard InChI is InChI=1S/C15H18N2O2/c1-16-13(18)10-11-6-2-3-7-12(11)14(16)15(19)17-8-4-5-9-17/h2-3,6-7,14H,4-5,8-10H2,1H3. The Hall–Kier alpha value is -1.84. The Kier molecular flexibility index (Phi) is 3.01. The van der Waals surface area contributed by atoms with Crippen molar-refractivity contribution in [3.8, 4) is 0 Å². The van der Waals surface area contributed by atoms with Crippen molar-refractivity contribution in [2.24, 2.45) is 0 Å².